The first kappa shape index (κ1) is 17.3. The number of benzene rings is 1. The van der Waals surface area contributed by atoms with Crippen LogP contribution in [0.25, 0.3) is 10.9 Å². The maximum Gasteiger partial charge on any atom is 0.322 e. The van der Waals surface area contributed by atoms with Crippen molar-refractivity contribution in [3.8, 4) is 0 Å². The number of nitrogens with one attached hydrogen (secondary N) is 1. The molecule has 0 spiro atoms. The summed E-state index contributed by atoms with van der Waals surface area (Å²) in [5, 5.41) is 4.03. The number of fused-ring (bicyclic) bond motifs is 1. The third-order valence-corrected chi connectivity index (χ3v) is 4.58. The van der Waals surface area contributed by atoms with Gasteiger partial charge in [0.1, 0.15) is 0 Å². The van der Waals surface area contributed by atoms with E-state index in [2.05, 4.69) is 9.88 Å². The Hall–Kier alpha value is -2.54. The van der Waals surface area contributed by atoms with Gasteiger partial charge in [-0.2, -0.15) is 0 Å². The number of urea groups is 1. The summed E-state index contributed by atoms with van der Waals surface area (Å²) in [5.74, 6) is 0.0567. The van der Waals surface area contributed by atoms with Crippen molar-refractivity contribution in [1.82, 2.24) is 14.4 Å². The number of amides is 3. The standard InChI is InChI=1S/C18H24N4O3/c1-14(23)20-7-9-21(10-8-20)18(24)19-16-13-22(11-12-25-2)17-6-4-3-5-15(16)17/h3-6,13H,7-12H2,1-2H3,(H,19,24). The number of piperazine rings is 1. The number of anilines is 1. The first-order valence-corrected chi connectivity index (χ1v) is 8.48. The van der Waals surface area contributed by atoms with E-state index in [1.165, 1.54) is 0 Å². The Morgan fingerprint density at radius 3 is 2.48 bits per heavy atom. The summed E-state index contributed by atoms with van der Waals surface area (Å²) in [4.78, 5) is 27.5. The molecular formula is C18H24N4O3. The second kappa shape index (κ2) is 7.57. The Kier molecular flexibility index (Phi) is 5.23. The van der Waals surface area contributed by atoms with E-state index >= 15 is 0 Å². The zero-order valence-corrected chi connectivity index (χ0v) is 14.7. The van der Waals surface area contributed by atoms with E-state index in [4.69, 9.17) is 4.74 Å². The second-order valence-corrected chi connectivity index (χ2v) is 6.17. The molecule has 0 unspecified atom stereocenters. The van der Waals surface area contributed by atoms with Crippen molar-refractivity contribution in [2.24, 2.45) is 0 Å². The van der Waals surface area contributed by atoms with Crippen LogP contribution in [0.1, 0.15) is 6.92 Å². The van der Waals surface area contributed by atoms with Crippen LogP contribution in [-0.4, -0.2) is 66.2 Å². The molecule has 0 bridgehead atoms. The van der Waals surface area contributed by atoms with E-state index in [9.17, 15) is 9.59 Å². The van der Waals surface area contributed by atoms with Crippen LogP contribution in [0.2, 0.25) is 0 Å². The van der Waals surface area contributed by atoms with Gasteiger partial charge in [-0.05, 0) is 6.07 Å². The van der Waals surface area contributed by atoms with E-state index in [0.29, 0.717) is 32.8 Å². The number of hydrogen-bond donors (Lipinski definition) is 1. The minimum Gasteiger partial charge on any atom is -0.383 e. The molecule has 0 aliphatic carbocycles. The summed E-state index contributed by atoms with van der Waals surface area (Å²) in [6, 6.07) is 7.86. The average molecular weight is 344 g/mol. The van der Waals surface area contributed by atoms with Crippen molar-refractivity contribution in [2.45, 2.75) is 13.5 Å². The molecule has 0 saturated carbocycles. The fourth-order valence-electron chi connectivity index (χ4n) is 3.14. The number of carbonyl (C=O) groups is 2. The number of carbonyl (C=O) groups excluding carboxylic acids is 2. The summed E-state index contributed by atoms with van der Waals surface area (Å²) in [5.41, 5.74) is 1.86. The molecule has 0 radical (unpaired) electrons. The van der Waals surface area contributed by atoms with Crippen LogP contribution >= 0.6 is 0 Å². The summed E-state index contributed by atoms with van der Waals surface area (Å²) < 4.78 is 7.25. The van der Waals surface area contributed by atoms with Gasteiger partial charge >= 0.3 is 6.03 Å². The molecule has 1 N–H and O–H groups in total. The molecule has 25 heavy (non-hydrogen) atoms. The van der Waals surface area contributed by atoms with Crippen molar-refractivity contribution < 1.29 is 14.3 Å². The van der Waals surface area contributed by atoms with Gasteiger partial charge in [0, 0.05) is 58.3 Å². The van der Waals surface area contributed by atoms with Gasteiger partial charge in [0.05, 0.1) is 17.8 Å². The highest BCUT2D eigenvalue weighted by molar-refractivity contribution is 6.01. The van der Waals surface area contributed by atoms with Gasteiger partial charge in [-0.1, -0.05) is 18.2 Å². The van der Waals surface area contributed by atoms with Gasteiger partial charge in [0.15, 0.2) is 0 Å². The lowest BCUT2D eigenvalue weighted by Crippen LogP contribution is -2.51. The van der Waals surface area contributed by atoms with E-state index in [-0.39, 0.29) is 11.9 Å². The van der Waals surface area contributed by atoms with Crippen molar-refractivity contribution in [1.29, 1.82) is 0 Å². The van der Waals surface area contributed by atoms with E-state index in [1.54, 1.807) is 23.8 Å². The Bertz CT molecular complexity index is 763. The average Bonchev–Trinajstić information content (AvgIpc) is 2.98. The van der Waals surface area contributed by atoms with Gasteiger partial charge in [0.2, 0.25) is 5.91 Å². The molecule has 3 amide bonds. The normalized spacial score (nSPS) is 14.8. The molecule has 1 saturated heterocycles. The number of aromatic nitrogens is 1. The molecule has 3 rings (SSSR count). The van der Waals surface area contributed by atoms with Gasteiger partial charge in [-0.3, -0.25) is 4.79 Å². The second-order valence-electron chi connectivity index (χ2n) is 6.17. The molecule has 2 heterocycles. The Morgan fingerprint density at radius 2 is 1.80 bits per heavy atom. The van der Waals surface area contributed by atoms with Crippen LogP contribution in [0.3, 0.4) is 0 Å². The highest BCUT2D eigenvalue weighted by atomic mass is 16.5. The largest absolute Gasteiger partial charge is 0.383 e. The van der Waals surface area contributed by atoms with E-state index in [0.717, 1.165) is 23.1 Å². The zero-order chi connectivity index (χ0) is 17.8. The van der Waals surface area contributed by atoms with Crippen LogP contribution in [0.15, 0.2) is 30.5 Å². The van der Waals surface area contributed by atoms with E-state index < -0.39 is 0 Å². The molecule has 1 aromatic carbocycles. The van der Waals surface area contributed by atoms with Crippen molar-refractivity contribution in [2.75, 3.05) is 45.2 Å². The maximum absolute atomic E-state index is 12.6. The lowest BCUT2D eigenvalue weighted by molar-refractivity contribution is -0.130. The van der Waals surface area contributed by atoms with Gasteiger partial charge in [0.25, 0.3) is 0 Å². The van der Waals surface area contributed by atoms with Crippen LogP contribution < -0.4 is 5.32 Å². The van der Waals surface area contributed by atoms with Crippen LogP contribution in [-0.2, 0) is 16.1 Å². The number of methoxy groups -OCH3 is 1. The molecule has 134 valence electrons. The summed E-state index contributed by atoms with van der Waals surface area (Å²) in [6.45, 7) is 5.16. The number of nitrogens with zero attached hydrogens (tertiary/aromatic N) is 3. The van der Waals surface area contributed by atoms with Gasteiger partial charge in [-0.25, -0.2) is 4.79 Å². The van der Waals surface area contributed by atoms with E-state index in [1.807, 2.05) is 30.5 Å². The first-order chi connectivity index (χ1) is 12.1. The molecule has 1 aromatic heterocycles. The van der Waals surface area contributed by atoms with Crippen molar-refractivity contribution in [3.63, 3.8) is 0 Å². The van der Waals surface area contributed by atoms with Crippen LogP contribution in [0, 0.1) is 0 Å². The Labute approximate surface area is 147 Å². The molecule has 1 aliphatic heterocycles. The minimum absolute atomic E-state index is 0.0567. The molecule has 0 atom stereocenters. The number of hydrogen-bond acceptors (Lipinski definition) is 3. The summed E-state index contributed by atoms with van der Waals surface area (Å²) >= 11 is 0. The lowest BCUT2D eigenvalue weighted by atomic mass is 10.2. The smallest absolute Gasteiger partial charge is 0.322 e. The summed E-state index contributed by atoms with van der Waals surface area (Å²) in [6.07, 6.45) is 1.95. The number of rotatable bonds is 4. The fourth-order valence-corrected chi connectivity index (χ4v) is 3.14. The number of para-hydroxylation sites is 1. The monoisotopic (exact) mass is 344 g/mol. The third-order valence-electron chi connectivity index (χ3n) is 4.58. The van der Waals surface area contributed by atoms with Gasteiger partial charge in [-0.15, -0.1) is 0 Å². The fraction of sp³-hybridized carbons (Fsp3) is 0.444. The molecule has 7 nitrogen and oxygen atoms in total. The van der Waals surface area contributed by atoms with Crippen molar-refractivity contribution >= 4 is 28.5 Å². The lowest BCUT2D eigenvalue weighted by Gasteiger charge is -2.34. The minimum atomic E-state index is -0.127. The van der Waals surface area contributed by atoms with Gasteiger partial charge < -0.3 is 24.4 Å². The zero-order valence-electron chi connectivity index (χ0n) is 14.7. The molecule has 1 fully saturated rings. The topological polar surface area (TPSA) is 66.8 Å². The predicted molar refractivity (Wildman–Crippen MR) is 96.7 cm³/mol. The summed E-state index contributed by atoms with van der Waals surface area (Å²) in [7, 11) is 1.68. The highest BCUT2D eigenvalue weighted by Crippen LogP contribution is 2.26. The van der Waals surface area contributed by atoms with Crippen molar-refractivity contribution in [3.05, 3.63) is 30.5 Å². The Balaban J connectivity index is 1.72. The molecule has 2 aromatic rings. The quantitative estimate of drug-likeness (QED) is 0.922. The molecule has 7 heteroatoms. The predicted octanol–water partition coefficient (Wildman–Crippen LogP) is 1.98. The van der Waals surface area contributed by atoms with Crippen LogP contribution in [0.5, 0.6) is 0 Å². The number of ether oxygens (including phenoxy) is 1. The third kappa shape index (κ3) is 3.76. The molecule has 1 aliphatic rings. The van der Waals surface area contributed by atoms with Crippen LogP contribution in [0.4, 0.5) is 10.5 Å². The molecular weight excluding hydrogens is 320 g/mol. The highest BCUT2D eigenvalue weighted by Gasteiger charge is 2.23. The SMILES string of the molecule is COCCn1cc(NC(=O)N2CCN(C(C)=O)CC2)c2ccccc21. The first-order valence-electron chi connectivity index (χ1n) is 8.48. The maximum atomic E-state index is 12.6. The Morgan fingerprint density at radius 1 is 1.12 bits per heavy atom.